The van der Waals surface area contributed by atoms with Crippen LogP contribution in [0.2, 0.25) is 0 Å². The fourth-order valence-corrected chi connectivity index (χ4v) is 4.55. The number of carboxylic acid groups (broad SMARTS) is 1. The first-order chi connectivity index (χ1) is 16.7. The van der Waals surface area contributed by atoms with Gasteiger partial charge in [0.15, 0.2) is 11.8 Å². The Bertz CT molecular complexity index is 1380. The Labute approximate surface area is 209 Å². The molecule has 3 aromatic rings. The van der Waals surface area contributed by atoms with Gasteiger partial charge in [0.2, 0.25) is 0 Å². The molecule has 0 atom stereocenters. The molecule has 0 unspecified atom stereocenters. The van der Waals surface area contributed by atoms with Crippen molar-refractivity contribution in [1.29, 1.82) is 0 Å². The number of hydrogen-bond donors (Lipinski definition) is 1. The number of amides is 1. The summed E-state index contributed by atoms with van der Waals surface area (Å²) in [6, 6.07) is 18.9. The van der Waals surface area contributed by atoms with Gasteiger partial charge >= 0.3 is 5.97 Å². The van der Waals surface area contributed by atoms with E-state index in [1.807, 2.05) is 70.2 Å². The summed E-state index contributed by atoms with van der Waals surface area (Å²) in [5, 5.41) is 9.54. The normalized spacial score (nSPS) is 15.8. The van der Waals surface area contributed by atoms with E-state index in [9.17, 15) is 9.59 Å². The molecule has 1 aliphatic heterocycles. The lowest BCUT2D eigenvalue weighted by molar-refractivity contribution is -0.139. The largest absolute Gasteiger partial charge is 0.481 e. The van der Waals surface area contributed by atoms with Crippen LogP contribution in [0.1, 0.15) is 27.8 Å². The molecule has 1 fully saturated rings. The van der Waals surface area contributed by atoms with Crippen molar-refractivity contribution in [1.82, 2.24) is 0 Å². The summed E-state index contributed by atoms with van der Waals surface area (Å²) < 4.78 is 5.42. The number of ether oxygens (including phenoxy) is 1. The summed E-state index contributed by atoms with van der Waals surface area (Å²) >= 11 is 1.28. The van der Waals surface area contributed by atoms with Crippen molar-refractivity contribution in [2.24, 2.45) is 4.99 Å². The van der Waals surface area contributed by atoms with E-state index in [0.29, 0.717) is 21.4 Å². The summed E-state index contributed by atoms with van der Waals surface area (Å²) in [7, 11) is 0. The van der Waals surface area contributed by atoms with E-state index in [-0.39, 0.29) is 5.91 Å². The van der Waals surface area contributed by atoms with E-state index in [2.05, 4.69) is 0 Å². The number of anilines is 1. The Kier molecular flexibility index (Phi) is 7.07. The van der Waals surface area contributed by atoms with Crippen molar-refractivity contribution < 1.29 is 19.4 Å². The molecule has 0 saturated carbocycles. The van der Waals surface area contributed by atoms with Crippen LogP contribution < -0.4 is 9.64 Å². The van der Waals surface area contributed by atoms with E-state index < -0.39 is 12.6 Å². The number of carbonyl (C=O) groups excluding carboxylic acids is 1. The van der Waals surface area contributed by atoms with Crippen molar-refractivity contribution in [3.63, 3.8) is 0 Å². The number of aryl methyl sites for hydroxylation is 4. The summed E-state index contributed by atoms with van der Waals surface area (Å²) in [6.07, 6.45) is 1.72. The van der Waals surface area contributed by atoms with Gasteiger partial charge < -0.3 is 9.84 Å². The highest BCUT2D eigenvalue weighted by atomic mass is 32.2. The maximum Gasteiger partial charge on any atom is 0.341 e. The zero-order chi connectivity index (χ0) is 25.1. The second-order valence-electron chi connectivity index (χ2n) is 8.40. The highest BCUT2D eigenvalue weighted by Gasteiger charge is 2.35. The molecule has 4 rings (SSSR count). The monoisotopic (exact) mass is 486 g/mol. The van der Waals surface area contributed by atoms with Gasteiger partial charge in [-0.05, 0) is 98.1 Å². The fraction of sp³-hybridized carbons (Fsp3) is 0.179. The predicted octanol–water partition coefficient (Wildman–Crippen LogP) is 6.19. The molecule has 1 aliphatic rings. The van der Waals surface area contributed by atoms with Crippen LogP contribution in [0.3, 0.4) is 0 Å². The van der Waals surface area contributed by atoms with Gasteiger partial charge in [-0.15, -0.1) is 0 Å². The summed E-state index contributed by atoms with van der Waals surface area (Å²) in [6.45, 7) is 7.66. The van der Waals surface area contributed by atoms with Crippen LogP contribution in [0, 0.1) is 27.7 Å². The Morgan fingerprint density at radius 3 is 2.34 bits per heavy atom. The number of amidine groups is 1. The molecule has 7 heteroatoms. The molecule has 0 radical (unpaired) electrons. The molecule has 1 saturated heterocycles. The SMILES string of the molecule is Cc1ccc(N=C2SC(=Cc3ccccc3OCC(=O)O)C(=O)N2c2ccc(C)c(C)c2)cc1C. The van der Waals surface area contributed by atoms with Gasteiger partial charge in [0.1, 0.15) is 5.75 Å². The molecule has 3 aromatic carbocycles. The van der Waals surface area contributed by atoms with Gasteiger partial charge in [-0.1, -0.05) is 30.3 Å². The number of carbonyl (C=O) groups is 2. The maximum absolute atomic E-state index is 13.6. The number of aliphatic imine (C=N–C) groups is 1. The average Bonchev–Trinajstić information content (AvgIpc) is 3.12. The van der Waals surface area contributed by atoms with Crippen LogP contribution in [0.25, 0.3) is 6.08 Å². The number of benzene rings is 3. The smallest absolute Gasteiger partial charge is 0.341 e. The van der Waals surface area contributed by atoms with Crippen LogP contribution in [0.4, 0.5) is 11.4 Å². The second-order valence-corrected chi connectivity index (χ2v) is 9.41. The standard InChI is InChI=1S/C28H26N2O4S/c1-17-9-11-22(13-19(17)3)29-28-30(23-12-10-18(2)20(4)14-23)27(33)25(35-28)15-21-7-5-6-8-24(21)34-16-26(31)32/h5-15H,16H2,1-4H3,(H,31,32). The Balaban J connectivity index is 1.78. The Morgan fingerprint density at radius 1 is 0.971 bits per heavy atom. The van der Waals surface area contributed by atoms with E-state index in [4.69, 9.17) is 14.8 Å². The molecule has 35 heavy (non-hydrogen) atoms. The van der Waals surface area contributed by atoms with Crippen LogP contribution >= 0.6 is 11.8 Å². The molecule has 0 aliphatic carbocycles. The highest BCUT2D eigenvalue weighted by Crippen LogP contribution is 2.39. The number of hydrogen-bond acceptors (Lipinski definition) is 5. The first-order valence-corrected chi connectivity index (χ1v) is 12.0. The lowest BCUT2D eigenvalue weighted by Gasteiger charge is -2.17. The van der Waals surface area contributed by atoms with Crippen LogP contribution in [-0.2, 0) is 9.59 Å². The first-order valence-electron chi connectivity index (χ1n) is 11.1. The van der Waals surface area contributed by atoms with Gasteiger partial charge in [0.05, 0.1) is 16.3 Å². The molecule has 0 spiro atoms. The van der Waals surface area contributed by atoms with E-state index in [1.165, 1.54) is 17.3 Å². The Hall–Kier alpha value is -3.84. The van der Waals surface area contributed by atoms with Gasteiger partial charge in [0, 0.05) is 5.56 Å². The lowest BCUT2D eigenvalue weighted by atomic mass is 10.1. The number of aliphatic carboxylic acids is 1. The van der Waals surface area contributed by atoms with E-state index in [1.54, 1.807) is 29.2 Å². The Morgan fingerprint density at radius 2 is 1.66 bits per heavy atom. The van der Waals surface area contributed by atoms with Gasteiger partial charge in [-0.25, -0.2) is 9.79 Å². The van der Waals surface area contributed by atoms with E-state index >= 15 is 0 Å². The highest BCUT2D eigenvalue weighted by molar-refractivity contribution is 8.19. The molecule has 1 N–H and O–H groups in total. The quantitative estimate of drug-likeness (QED) is 0.420. The van der Waals surface area contributed by atoms with Crippen LogP contribution in [0.15, 0.2) is 70.6 Å². The minimum Gasteiger partial charge on any atom is -0.481 e. The summed E-state index contributed by atoms with van der Waals surface area (Å²) in [5.41, 5.74) is 6.65. The molecular weight excluding hydrogens is 460 g/mol. The lowest BCUT2D eigenvalue weighted by Crippen LogP contribution is -2.28. The van der Waals surface area contributed by atoms with E-state index in [0.717, 1.165) is 28.1 Å². The number of nitrogens with zero attached hydrogens (tertiary/aromatic N) is 2. The molecule has 1 heterocycles. The minimum atomic E-state index is -1.07. The first kappa shape index (κ1) is 24.3. The topological polar surface area (TPSA) is 79.2 Å². The predicted molar refractivity (Wildman–Crippen MR) is 142 cm³/mol. The van der Waals surface area contributed by atoms with Crippen molar-refractivity contribution in [2.45, 2.75) is 27.7 Å². The van der Waals surface area contributed by atoms with Crippen molar-refractivity contribution in [2.75, 3.05) is 11.5 Å². The molecule has 6 nitrogen and oxygen atoms in total. The van der Waals surface area contributed by atoms with Gasteiger partial charge in [0.25, 0.3) is 5.91 Å². The molecule has 1 amide bonds. The molecule has 0 bridgehead atoms. The molecule has 178 valence electrons. The molecule has 0 aromatic heterocycles. The van der Waals surface area contributed by atoms with Crippen molar-refractivity contribution >= 4 is 46.3 Å². The maximum atomic E-state index is 13.6. The van der Waals surface area contributed by atoms with Gasteiger partial charge in [-0.2, -0.15) is 0 Å². The van der Waals surface area contributed by atoms with Crippen LogP contribution in [-0.4, -0.2) is 28.8 Å². The second kappa shape index (κ2) is 10.2. The minimum absolute atomic E-state index is 0.200. The van der Waals surface area contributed by atoms with Crippen molar-refractivity contribution in [3.05, 3.63) is 93.4 Å². The summed E-state index contributed by atoms with van der Waals surface area (Å²) in [4.78, 5) is 31.5. The van der Waals surface area contributed by atoms with Gasteiger partial charge in [-0.3, -0.25) is 9.69 Å². The average molecular weight is 487 g/mol. The zero-order valence-electron chi connectivity index (χ0n) is 20.0. The fourth-order valence-electron chi connectivity index (χ4n) is 3.56. The van der Waals surface area contributed by atoms with Crippen molar-refractivity contribution in [3.8, 4) is 5.75 Å². The number of para-hydroxylation sites is 1. The third-order valence-corrected chi connectivity index (χ3v) is 6.80. The number of thioether (sulfide) groups is 1. The summed E-state index contributed by atoms with van der Waals surface area (Å²) in [5.74, 6) is -0.871. The third-order valence-electron chi connectivity index (χ3n) is 5.83. The number of carboxylic acids is 1. The number of rotatable bonds is 6. The zero-order valence-corrected chi connectivity index (χ0v) is 20.8. The third kappa shape index (κ3) is 5.46. The van der Waals surface area contributed by atoms with Crippen LogP contribution in [0.5, 0.6) is 5.75 Å². The molecular formula is C28H26N2O4S.